The molecule has 1 aliphatic carbocycles. The van der Waals surface area contributed by atoms with Crippen molar-refractivity contribution in [2.45, 2.75) is 30.8 Å². The molecule has 0 saturated carbocycles. The number of rotatable bonds is 5. The van der Waals surface area contributed by atoms with Gasteiger partial charge in [-0.25, -0.2) is 0 Å². The standard InChI is InChI=1S/C19H17NO2S/c20-11-16-4-1-2-5-17(16)12-22-19(21)13-23-18-9-8-14-6-3-7-15(14)10-18/h1-2,4-5,8-10H,3,6-7,12-13H2. The van der Waals surface area contributed by atoms with Crippen LogP contribution in [-0.4, -0.2) is 11.7 Å². The molecule has 3 nitrogen and oxygen atoms in total. The first-order valence-electron chi connectivity index (χ1n) is 7.64. The Kier molecular flexibility index (Phi) is 4.99. The highest BCUT2D eigenvalue weighted by Gasteiger charge is 2.12. The van der Waals surface area contributed by atoms with Crippen LogP contribution in [0.3, 0.4) is 0 Å². The van der Waals surface area contributed by atoms with Crippen molar-refractivity contribution in [3.05, 3.63) is 64.7 Å². The summed E-state index contributed by atoms with van der Waals surface area (Å²) in [6.07, 6.45) is 3.53. The third-order valence-corrected chi connectivity index (χ3v) is 4.92. The Hall–Kier alpha value is -2.25. The van der Waals surface area contributed by atoms with Crippen molar-refractivity contribution in [1.29, 1.82) is 5.26 Å². The summed E-state index contributed by atoms with van der Waals surface area (Å²) >= 11 is 1.50. The van der Waals surface area contributed by atoms with Gasteiger partial charge in [0, 0.05) is 10.5 Å². The van der Waals surface area contributed by atoms with E-state index in [4.69, 9.17) is 10.00 Å². The number of ether oxygens (including phenoxy) is 1. The third kappa shape index (κ3) is 3.94. The SMILES string of the molecule is N#Cc1ccccc1COC(=O)CSc1ccc2c(c1)CCC2. The van der Waals surface area contributed by atoms with E-state index in [9.17, 15) is 4.79 Å². The molecule has 1 aliphatic rings. The number of benzene rings is 2. The molecule has 4 heteroatoms. The molecule has 0 fully saturated rings. The quantitative estimate of drug-likeness (QED) is 0.619. The molecule has 0 amide bonds. The molecule has 0 aromatic heterocycles. The van der Waals surface area contributed by atoms with E-state index in [0.717, 1.165) is 16.9 Å². The second kappa shape index (κ2) is 7.34. The van der Waals surface area contributed by atoms with Gasteiger partial charge in [0.2, 0.25) is 0 Å². The summed E-state index contributed by atoms with van der Waals surface area (Å²) in [6.45, 7) is 0.146. The lowest BCUT2D eigenvalue weighted by Gasteiger charge is -2.07. The zero-order chi connectivity index (χ0) is 16.1. The number of nitriles is 1. The molecule has 2 aromatic carbocycles. The summed E-state index contributed by atoms with van der Waals surface area (Å²) in [7, 11) is 0. The number of carbonyl (C=O) groups is 1. The van der Waals surface area contributed by atoms with E-state index in [0.29, 0.717) is 5.56 Å². The van der Waals surface area contributed by atoms with Gasteiger partial charge in [0.25, 0.3) is 0 Å². The molecule has 116 valence electrons. The highest BCUT2D eigenvalue weighted by Crippen LogP contribution is 2.27. The van der Waals surface area contributed by atoms with E-state index in [2.05, 4.69) is 24.3 Å². The smallest absolute Gasteiger partial charge is 0.316 e. The maximum absolute atomic E-state index is 11.9. The molecular weight excluding hydrogens is 306 g/mol. The molecule has 0 spiro atoms. The zero-order valence-electron chi connectivity index (χ0n) is 12.7. The second-order valence-electron chi connectivity index (χ2n) is 5.50. The fourth-order valence-corrected chi connectivity index (χ4v) is 3.49. The van der Waals surface area contributed by atoms with Crippen LogP contribution in [0, 0.1) is 11.3 Å². The van der Waals surface area contributed by atoms with Crippen molar-refractivity contribution in [3.63, 3.8) is 0 Å². The predicted molar refractivity (Wildman–Crippen MR) is 90.1 cm³/mol. The molecule has 0 atom stereocenters. The van der Waals surface area contributed by atoms with E-state index >= 15 is 0 Å². The van der Waals surface area contributed by atoms with Crippen molar-refractivity contribution in [3.8, 4) is 6.07 Å². The first kappa shape index (κ1) is 15.6. The Morgan fingerprint density at radius 1 is 1.17 bits per heavy atom. The Morgan fingerprint density at radius 3 is 2.87 bits per heavy atom. The number of nitrogens with zero attached hydrogens (tertiary/aromatic N) is 1. The van der Waals surface area contributed by atoms with Gasteiger partial charge in [-0.2, -0.15) is 5.26 Å². The van der Waals surface area contributed by atoms with Gasteiger partial charge in [0.1, 0.15) is 6.61 Å². The third-order valence-electron chi connectivity index (χ3n) is 3.95. The fraction of sp³-hybridized carbons (Fsp3) is 0.263. The van der Waals surface area contributed by atoms with Crippen LogP contribution in [0.15, 0.2) is 47.4 Å². The molecule has 0 aliphatic heterocycles. The van der Waals surface area contributed by atoms with E-state index in [1.807, 2.05) is 6.07 Å². The molecule has 0 saturated heterocycles. The van der Waals surface area contributed by atoms with Crippen LogP contribution in [0.2, 0.25) is 0 Å². The maximum Gasteiger partial charge on any atom is 0.316 e. The molecule has 0 N–H and O–H groups in total. The first-order valence-corrected chi connectivity index (χ1v) is 8.63. The Balaban J connectivity index is 1.51. The van der Waals surface area contributed by atoms with Crippen LogP contribution < -0.4 is 0 Å². The van der Waals surface area contributed by atoms with Gasteiger partial charge in [0.05, 0.1) is 17.4 Å². The molecule has 0 unspecified atom stereocenters. The highest BCUT2D eigenvalue weighted by molar-refractivity contribution is 8.00. The number of aryl methyl sites for hydroxylation is 2. The first-order chi connectivity index (χ1) is 11.3. The number of esters is 1. The van der Waals surface area contributed by atoms with Crippen LogP contribution in [0.25, 0.3) is 0 Å². The van der Waals surface area contributed by atoms with Crippen LogP contribution >= 0.6 is 11.8 Å². The second-order valence-corrected chi connectivity index (χ2v) is 6.55. The summed E-state index contributed by atoms with van der Waals surface area (Å²) < 4.78 is 5.27. The van der Waals surface area contributed by atoms with Crippen LogP contribution in [0.1, 0.15) is 28.7 Å². The summed E-state index contributed by atoms with van der Waals surface area (Å²) in [5.74, 6) is 0.0243. The molecule has 3 rings (SSSR count). The lowest BCUT2D eigenvalue weighted by Crippen LogP contribution is -2.08. The van der Waals surface area contributed by atoms with Gasteiger partial charge in [0.15, 0.2) is 0 Å². The van der Waals surface area contributed by atoms with Crippen molar-refractivity contribution in [2.75, 3.05) is 5.75 Å². The Labute approximate surface area is 140 Å². The van der Waals surface area contributed by atoms with Gasteiger partial charge in [-0.1, -0.05) is 24.3 Å². The van der Waals surface area contributed by atoms with Gasteiger partial charge < -0.3 is 4.74 Å². The van der Waals surface area contributed by atoms with E-state index in [-0.39, 0.29) is 18.3 Å². The molecule has 0 bridgehead atoms. The van der Waals surface area contributed by atoms with E-state index in [1.54, 1.807) is 18.2 Å². The van der Waals surface area contributed by atoms with Crippen molar-refractivity contribution in [1.82, 2.24) is 0 Å². The number of thioether (sulfide) groups is 1. The van der Waals surface area contributed by atoms with Crippen molar-refractivity contribution in [2.24, 2.45) is 0 Å². The minimum Gasteiger partial charge on any atom is -0.460 e. The maximum atomic E-state index is 11.9. The monoisotopic (exact) mass is 323 g/mol. The van der Waals surface area contributed by atoms with Gasteiger partial charge in [-0.15, -0.1) is 11.8 Å². The van der Waals surface area contributed by atoms with Crippen molar-refractivity contribution < 1.29 is 9.53 Å². The number of fused-ring (bicyclic) bond motifs is 1. The average molecular weight is 323 g/mol. The normalized spacial score (nSPS) is 12.5. The number of hydrogen-bond acceptors (Lipinski definition) is 4. The van der Waals surface area contributed by atoms with E-state index in [1.165, 1.54) is 35.7 Å². The average Bonchev–Trinajstić information content (AvgIpc) is 3.06. The predicted octanol–water partition coefficient (Wildman–Crippen LogP) is 3.88. The lowest BCUT2D eigenvalue weighted by atomic mass is 10.1. The minimum absolute atomic E-state index is 0.146. The number of hydrogen-bond donors (Lipinski definition) is 0. The van der Waals surface area contributed by atoms with Gasteiger partial charge >= 0.3 is 5.97 Å². The Bertz CT molecular complexity index is 764. The summed E-state index contributed by atoms with van der Waals surface area (Å²) in [5, 5.41) is 9.02. The van der Waals surface area contributed by atoms with Crippen LogP contribution in [-0.2, 0) is 29.0 Å². The van der Waals surface area contributed by atoms with Crippen LogP contribution in [0.4, 0.5) is 0 Å². The highest BCUT2D eigenvalue weighted by atomic mass is 32.2. The fourth-order valence-electron chi connectivity index (χ4n) is 2.74. The van der Waals surface area contributed by atoms with Crippen LogP contribution in [0.5, 0.6) is 0 Å². The number of carbonyl (C=O) groups excluding carboxylic acids is 1. The molecule has 0 heterocycles. The van der Waals surface area contributed by atoms with E-state index < -0.39 is 0 Å². The minimum atomic E-state index is -0.261. The molecular formula is C19H17NO2S. The lowest BCUT2D eigenvalue weighted by molar-refractivity contribution is -0.141. The van der Waals surface area contributed by atoms with Gasteiger partial charge in [-0.05, 0) is 48.6 Å². The van der Waals surface area contributed by atoms with Crippen molar-refractivity contribution >= 4 is 17.7 Å². The molecule has 2 aromatic rings. The summed E-state index contributed by atoms with van der Waals surface area (Å²) in [5.41, 5.74) is 4.13. The topological polar surface area (TPSA) is 50.1 Å². The zero-order valence-corrected chi connectivity index (χ0v) is 13.6. The summed E-state index contributed by atoms with van der Waals surface area (Å²) in [6, 6.07) is 15.7. The molecule has 0 radical (unpaired) electrons. The largest absolute Gasteiger partial charge is 0.460 e. The Morgan fingerprint density at radius 2 is 2.00 bits per heavy atom. The summed E-state index contributed by atoms with van der Waals surface area (Å²) in [4.78, 5) is 13.0. The molecule has 23 heavy (non-hydrogen) atoms. The van der Waals surface area contributed by atoms with Gasteiger partial charge in [-0.3, -0.25) is 4.79 Å².